The maximum absolute atomic E-state index is 12.3. The number of nitrogens with zero attached hydrogens (tertiary/aromatic N) is 2. The first-order chi connectivity index (χ1) is 9.81. The van der Waals surface area contributed by atoms with E-state index < -0.39 is 10.0 Å². The fraction of sp³-hybridized carbons (Fsp3) is 0.615. The minimum absolute atomic E-state index is 0.119. The van der Waals surface area contributed by atoms with Crippen molar-refractivity contribution >= 4 is 15.9 Å². The van der Waals surface area contributed by atoms with Crippen LogP contribution in [0.25, 0.3) is 0 Å². The molecule has 1 unspecified atom stereocenters. The first-order valence-electron chi connectivity index (χ1n) is 6.92. The van der Waals surface area contributed by atoms with E-state index in [0.717, 1.165) is 19.4 Å². The van der Waals surface area contributed by atoms with Crippen LogP contribution in [0.15, 0.2) is 17.2 Å². The number of carbonyl (C=O) groups excluding carboxylic acids is 1. The van der Waals surface area contributed by atoms with Crippen molar-refractivity contribution in [1.82, 2.24) is 19.5 Å². The highest BCUT2D eigenvalue weighted by atomic mass is 32.2. The number of hydrogen-bond acceptors (Lipinski definition) is 4. The van der Waals surface area contributed by atoms with Gasteiger partial charge in [0, 0.05) is 39.9 Å². The van der Waals surface area contributed by atoms with Gasteiger partial charge in [-0.3, -0.25) is 4.79 Å². The van der Waals surface area contributed by atoms with Gasteiger partial charge in [0.05, 0.1) is 0 Å². The van der Waals surface area contributed by atoms with Gasteiger partial charge < -0.3 is 14.8 Å². The third-order valence-electron chi connectivity index (χ3n) is 3.60. The molecule has 2 heterocycles. The SMILES string of the molecule is CN(C)C(=O)c1cc(S(=O)(=O)NCC2CCCN2)cn1C. The highest BCUT2D eigenvalue weighted by Gasteiger charge is 2.23. The number of aromatic nitrogens is 1. The lowest BCUT2D eigenvalue weighted by atomic mass is 10.2. The number of amides is 1. The Labute approximate surface area is 125 Å². The maximum Gasteiger partial charge on any atom is 0.269 e. The average Bonchev–Trinajstić information content (AvgIpc) is 3.05. The van der Waals surface area contributed by atoms with Gasteiger partial charge >= 0.3 is 0 Å². The lowest BCUT2D eigenvalue weighted by Gasteiger charge is -2.11. The molecule has 1 saturated heterocycles. The van der Waals surface area contributed by atoms with Crippen molar-refractivity contribution in [3.8, 4) is 0 Å². The first-order valence-corrected chi connectivity index (χ1v) is 8.40. The lowest BCUT2D eigenvalue weighted by Crippen LogP contribution is -2.37. The number of sulfonamides is 1. The van der Waals surface area contributed by atoms with Crippen LogP contribution in [0.5, 0.6) is 0 Å². The van der Waals surface area contributed by atoms with Gasteiger partial charge in [0.25, 0.3) is 5.91 Å². The lowest BCUT2D eigenvalue weighted by molar-refractivity contribution is 0.0818. The summed E-state index contributed by atoms with van der Waals surface area (Å²) in [5.74, 6) is -0.226. The summed E-state index contributed by atoms with van der Waals surface area (Å²) in [7, 11) is 1.34. The van der Waals surface area contributed by atoms with Crippen molar-refractivity contribution in [1.29, 1.82) is 0 Å². The molecule has 0 radical (unpaired) electrons. The third-order valence-corrected chi connectivity index (χ3v) is 4.99. The second-order valence-electron chi connectivity index (χ2n) is 5.52. The van der Waals surface area contributed by atoms with E-state index in [2.05, 4.69) is 10.0 Å². The molecule has 1 fully saturated rings. The molecule has 1 aliphatic heterocycles. The normalized spacial score (nSPS) is 18.9. The van der Waals surface area contributed by atoms with Gasteiger partial charge in [-0.15, -0.1) is 0 Å². The van der Waals surface area contributed by atoms with Crippen LogP contribution in [0.1, 0.15) is 23.3 Å². The summed E-state index contributed by atoms with van der Waals surface area (Å²) in [5.41, 5.74) is 0.347. The van der Waals surface area contributed by atoms with Crippen molar-refractivity contribution in [3.63, 3.8) is 0 Å². The van der Waals surface area contributed by atoms with Crippen LogP contribution in [0, 0.1) is 0 Å². The summed E-state index contributed by atoms with van der Waals surface area (Å²) in [6.07, 6.45) is 3.50. The molecule has 0 spiro atoms. The number of rotatable bonds is 5. The van der Waals surface area contributed by atoms with Crippen LogP contribution in [-0.4, -0.2) is 57.0 Å². The molecular weight excluding hydrogens is 292 g/mol. The number of aryl methyl sites for hydroxylation is 1. The van der Waals surface area contributed by atoms with Gasteiger partial charge in [-0.05, 0) is 25.5 Å². The molecule has 0 saturated carbocycles. The second kappa shape index (κ2) is 6.17. The second-order valence-corrected chi connectivity index (χ2v) is 7.28. The quantitative estimate of drug-likeness (QED) is 0.785. The molecule has 1 aromatic heterocycles. The van der Waals surface area contributed by atoms with Crippen LogP contribution < -0.4 is 10.0 Å². The minimum Gasteiger partial charge on any atom is -0.345 e. The van der Waals surface area contributed by atoms with Gasteiger partial charge in [-0.2, -0.15) is 0 Å². The van der Waals surface area contributed by atoms with Crippen LogP contribution in [0.3, 0.4) is 0 Å². The standard InChI is InChI=1S/C13H22N4O3S/c1-16(2)13(18)12-7-11(9-17(12)3)21(19,20)15-8-10-5-4-6-14-10/h7,9-10,14-15H,4-6,8H2,1-3H3. The molecule has 1 aliphatic rings. The van der Waals surface area contributed by atoms with Crippen molar-refractivity contribution in [2.45, 2.75) is 23.8 Å². The Kier molecular flexibility index (Phi) is 4.70. The van der Waals surface area contributed by atoms with E-state index in [-0.39, 0.29) is 16.8 Å². The van der Waals surface area contributed by atoms with Crippen LogP contribution in [0.4, 0.5) is 0 Å². The summed E-state index contributed by atoms with van der Waals surface area (Å²) < 4.78 is 28.7. The summed E-state index contributed by atoms with van der Waals surface area (Å²) in [4.78, 5) is 13.5. The first kappa shape index (κ1) is 16.0. The molecule has 1 atom stereocenters. The van der Waals surface area contributed by atoms with Crippen molar-refractivity contribution in [3.05, 3.63) is 18.0 Å². The van der Waals surface area contributed by atoms with E-state index >= 15 is 0 Å². The summed E-state index contributed by atoms with van der Waals surface area (Å²) in [5, 5.41) is 3.24. The van der Waals surface area contributed by atoms with Crippen LogP contribution in [0.2, 0.25) is 0 Å². The van der Waals surface area contributed by atoms with E-state index in [1.165, 1.54) is 21.7 Å². The Morgan fingerprint density at radius 1 is 1.52 bits per heavy atom. The molecule has 0 aliphatic carbocycles. The largest absolute Gasteiger partial charge is 0.345 e. The molecule has 7 nitrogen and oxygen atoms in total. The molecule has 21 heavy (non-hydrogen) atoms. The summed E-state index contributed by atoms with van der Waals surface area (Å²) in [6, 6.07) is 1.60. The highest BCUT2D eigenvalue weighted by Crippen LogP contribution is 2.15. The molecule has 118 valence electrons. The van der Waals surface area contributed by atoms with Gasteiger partial charge in [-0.25, -0.2) is 13.1 Å². The Morgan fingerprint density at radius 3 is 2.81 bits per heavy atom. The van der Waals surface area contributed by atoms with E-state index in [4.69, 9.17) is 0 Å². The molecule has 0 bridgehead atoms. The molecule has 2 rings (SSSR count). The van der Waals surface area contributed by atoms with Crippen LogP contribution in [-0.2, 0) is 17.1 Å². The smallest absolute Gasteiger partial charge is 0.269 e. The molecule has 1 aromatic rings. The number of carbonyl (C=O) groups is 1. The molecule has 8 heteroatoms. The maximum atomic E-state index is 12.3. The third kappa shape index (κ3) is 3.63. The van der Waals surface area contributed by atoms with E-state index in [9.17, 15) is 13.2 Å². The van der Waals surface area contributed by atoms with Crippen molar-refractivity contribution < 1.29 is 13.2 Å². The fourth-order valence-corrected chi connectivity index (χ4v) is 3.50. The zero-order valence-corrected chi connectivity index (χ0v) is 13.4. The van der Waals surface area contributed by atoms with Crippen molar-refractivity contribution in [2.75, 3.05) is 27.2 Å². The molecule has 1 amide bonds. The Balaban J connectivity index is 2.12. The van der Waals surface area contributed by atoms with Gasteiger partial charge in [-0.1, -0.05) is 0 Å². The fourth-order valence-electron chi connectivity index (χ4n) is 2.35. The van der Waals surface area contributed by atoms with E-state index in [1.807, 2.05) is 0 Å². The Morgan fingerprint density at radius 2 is 2.24 bits per heavy atom. The summed E-state index contributed by atoms with van der Waals surface area (Å²) >= 11 is 0. The van der Waals surface area contributed by atoms with E-state index in [0.29, 0.717) is 12.2 Å². The van der Waals surface area contributed by atoms with Gasteiger partial charge in [0.15, 0.2) is 0 Å². The molecule has 2 N–H and O–H groups in total. The topological polar surface area (TPSA) is 83.4 Å². The predicted molar refractivity (Wildman–Crippen MR) is 79.6 cm³/mol. The van der Waals surface area contributed by atoms with Gasteiger partial charge in [0.1, 0.15) is 10.6 Å². The minimum atomic E-state index is -3.59. The number of hydrogen-bond donors (Lipinski definition) is 2. The monoisotopic (exact) mass is 314 g/mol. The van der Waals surface area contributed by atoms with Crippen LogP contribution >= 0.6 is 0 Å². The Hall–Kier alpha value is -1.38. The van der Waals surface area contributed by atoms with Gasteiger partial charge in [0.2, 0.25) is 10.0 Å². The van der Waals surface area contributed by atoms with E-state index in [1.54, 1.807) is 21.1 Å². The predicted octanol–water partition coefficient (Wildman–Crippen LogP) is -0.243. The zero-order chi connectivity index (χ0) is 15.6. The molecule has 0 aromatic carbocycles. The number of nitrogens with one attached hydrogen (secondary N) is 2. The summed E-state index contributed by atoms with van der Waals surface area (Å²) in [6.45, 7) is 1.30. The highest BCUT2D eigenvalue weighted by molar-refractivity contribution is 7.89. The average molecular weight is 314 g/mol. The molecular formula is C13H22N4O3S. The van der Waals surface area contributed by atoms with Crippen molar-refractivity contribution in [2.24, 2.45) is 7.05 Å². The Bertz CT molecular complexity index is 615. The zero-order valence-electron chi connectivity index (χ0n) is 12.6.